The van der Waals surface area contributed by atoms with Crippen molar-refractivity contribution in [3.05, 3.63) is 70.6 Å². The van der Waals surface area contributed by atoms with E-state index in [1.54, 1.807) is 30.0 Å². The molecule has 0 spiro atoms. The molecule has 26 heavy (non-hydrogen) atoms. The van der Waals surface area contributed by atoms with Crippen molar-refractivity contribution in [1.82, 2.24) is 0 Å². The average molecular weight is 369 g/mol. The molecule has 0 saturated heterocycles. The molecule has 0 aliphatic rings. The minimum absolute atomic E-state index is 0.0953. The minimum Gasteiger partial charge on any atom is -0.478 e. The molecule has 5 heteroatoms. The van der Waals surface area contributed by atoms with Crippen LogP contribution in [0.5, 0.6) is 0 Å². The quantitative estimate of drug-likeness (QED) is 0.682. The van der Waals surface area contributed by atoms with E-state index in [4.69, 9.17) is 5.11 Å². The molecule has 0 bridgehead atoms. The maximum atomic E-state index is 12.2. The lowest BCUT2D eigenvalue weighted by molar-refractivity contribution is -0.116. The third-order valence-corrected chi connectivity index (χ3v) is 4.56. The fourth-order valence-corrected chi connectivity index (χ4v) is 3.22. The SMILES string of the molecule is CC/C(=C\SC)c1ccc(CCC(=O)Nc2ccccc2C(=O)O)cc1. The Morgan fingerprint density at radius 2 is 1.81 bits per heavy atom. The number of aryl methyl sites for hydroxylation is 1. The zero-order valence-corrected chi connectivity index (χ0v) is 15.8. The molecule has 0 aliphatic carbocycles. The molecule has 0 aliphatic heterocycles. The summed E-state index contributed by atoms with van der Waals surface area (Å²) in [7, 11) is 0. The summed E-state index contributed by atoms with van der Waals surface area (Å²) < 4.78 is 0. The molecular formula is C21H23NO3S. The number of nitrogens with one attached hydrogen (secondary N) is 1. The molecule has 0 unspecified atom stereocenters. The molecule has 1 amide bonds. The van der Waals surface area contributed by atoms with Crippen molar-refractivity contribution in [3.8, 4) is 0 Å². The second-order valence-corrected chi connectivity index (χ2v) is 6.54. The van der Waals surface area contributed by atoms with Crippen LogP contribution in [0.15, 0.2) is 53.9 Å². The van der Waals surface area contributed by atoms with Crippen LogP contribution < -0.4 is 5.32 Å². The van der Waals surface area contributed by atoms with Crippen molar-refractivity contribution in [2.24, 2.45) is 0 Å². The van der Waals surface area contributed by atoms with Gasteiger partial charge in [0.15, 0.2) is 0 Å². The maximum Gasteiger partial charge on any atom is 0.337 e. The van der Waals surface area contributed by atoms with E-state index < -0.39 is 5.97 Å². The summed E-state index contributed by atoms with van der Waals surface area (Å²) in [6.45, 7) is 2.13. The number of anilines is 1. The van der Waals surface area contributed by atoms with Gasteiger partial charge in [0.25, 0.3) is 0 Å². The summed E-state index contributed by atoms with van der Waals surface area (Å²) in [4.78, 5) is 23.3. The number of para-hydroxylation sites is 1. The molecule has 0 saturated carbocycles. The summed E-state index contributed by atoms with van der Waals surface area (Å²) in [6.07, 6.45) is 3.93. The van der Waals surface area contributed by atoms with Gasteiger partial charge in [-0.05, 0) is 53.3 Å². The largest absolute Gasteiger partial charge is 0.478 e. The predicted molar refractivity (Wildman–Crippen MR) is 109 cm³/mol. The van der Waals surface area contributed by atoms with E-state index in [9.17, 15) is 9.59 Å². The van der Waals surface area contributed by atoms with Gasteiger partial charge in [-0.15, -0.1) is 11.8 Å². The van der Waals surface area contributed by atoms with Gasteiger partial charge >= 0.3 is 5.97 Å². The number of allylic oxidation sites excluding steroid dienone is 1. The topological polar surface area (TPSA) is 66.4 Å². The van der Waals surface area contributed by atoms with E-state index in [1.165, 1.54) is 17.2 Å². The lowest BCUT2D eigenvalue weighted by atomic mass is 10.0. The highest BCUT2D eigenvalue weighted by atomic mass is 32.2. The van der Waals surface area contributed by atoms with Crippen molar-refractivity contribution in [1.29, 1.82) is 0 Å². The van der Waals surface area contributed by atoms with E-state index in [0.29, 0.717) is 18.5 Å². The molecule has 0 radical (unpaired) electrons. The number of benzene rings is 2. The van der Waals surface area contributed by atoms with Crippen molar-refractivity contribution in [2.75, 3.05) is 11.6 Å². The van der Waals surface area contributed by atoms with Gasteiger partial charge in [0.1, 0.15) is 0 Å². The van der Waals surface area contributed by atoms with Crippen LogP contribution in [-0.2, 0) is 11.2 Å². The first-order valence-corrected chi connectivity index (χ1v) is 9.77. The van der Waals surface area contributed by atoms with Crippen LogP contribution in [0.4, 0.5) is 5.69 Å². The molecule has 0 aromatic heterocycles. The number of carboxylic acid groups (broad SMARTS) is 1. The molecule has 4 nitrogen and oxygen atoms in total. The zero-order chi connectivity index (χ0) is 18.9. The van der Waals surface area contributed by atoms with Gasteiger partial charge < -0.3 is 10.4 Å². The smallest absolute Gasteiger partial charge is 0.337 e. The molecule has 2 aromatic carbocycles. The summed E-state index contributed by atoms with van der Waals surface area (Å²) >= 11 is 1.69. The predicted octanol–water partition coefficient (Wildman–Crippen LogP) is 5.07. The first-order chi connectivity index (χ1) is 12.5. The van der Waals surface area contributed by atoms with Crippen LogP contribution in [0.3, 0.4) is 0 Å². The molecule has 0 fully saturated rings. The summed E-state index contributed by atoms with van der Waals surface area (Å²) in [6, 6.07) is 14.7. The van der Waals surface area contributed by atoms with Crippen LogP contribution >= 0.6 is 11.8 Å². The summed E-state index contributed by atoms with van der Waals surface area (Å²) in [5.74, 6) is -1.25. The number of carbonyl (C=O) groups excluding carboxylic acids is 1. The Morgan fingerprint density at radius 1 is 1.12 bits per heavy atom. The van der Waals surface area contributed by atoms with Gasteiger partial charge in [0.05, 0.1) is 11.3 Å². The van der Waals surface area contributed by atoms with Gasteiger partial charge in [-0.1, -0.05) is 43.3 Å². The van der Waals surface area contributed by atoms with Crippen molar-refractivity contribution in [2.45, 2.75) is 26.2 Å². The lowest BCUT2D eigenvalue weighted by Crippen LogP contribution is -2.15. The van der Waals surface area contributed by atoms with Gasteiger partial charge in [-0.3, -0.25) is 4.79 Å². The van der Waals surface area contributed by atoms with Crippen molar-refractivity contribution in [3.63, 3.8) is 0 Å². The van der Waals surface area contributed by atoms with Crippen molar-refractivity contribution >= 4 is 34.9 Å². The van der Waals surface area contributed by atoms with E-state index in [2.05, 4.69) is 29.8 Å². The van der Waals surface area contributed by atoms with Crippen LogP contribution in [-0.4, -0.2) is 23.2 Å². The Hall–Kier alpha value is -2.53. The highest BCUT2D eigenvalue weighted by Crippen LogP contribution is 2.22. The van der Waals surface area contributed by atoms with Crippen LogP contribution in [0.25, 0.3) is 5.57 Å². The molecule has 136 valence electrons. The average Bonchev–Trinajstić information content (AvgIpc) is 2.65. The molecular weight excluding hydrogens is 346 g/mol. The Balaban J connectivity index is 1.96. The Labute approximate surface area is 158 Å². The second-order valence-electron chi connectivity index (χ2n) is 5.83. The maximum absolute atomic E-state index is 12.2. The minimum atomic E-state index is -1.05. The monoisotopic (exact) mass is 369 g/mol. The summed E-state index contributed by atoms with van der Waals surface area (Å²) in [5.41, 5.74) is 4.00. The van der Waals surface area contributed by atoms with Crippen LogP contribution in [0.2, 0.25) is 0 Å². The Kier molecular flexibility index (Phi) is 7.48. The normalized spacial score (nSPS) is 11.2. The second kappa shape index (κ2) is 9.82. The van der Waals surface area contributed by atoms with Gasteiger partial charge in [0.2, 0.25) is 5.91 Å². The number of amides is 1. The molecule has 2 aromatic rings. The third kappa shape index (κ3) is 5.49. The first kappa shape index (κ1) is 19.8. The number of aromatic carboxylic acids is 1. The molecule has 2 N–H and O–H groups in total. The highest BCUT2D eigenvalue weighted by molar-refractivity contribution is 8.01. The molecule has 0 atom stereocenters. The van der Waals surface area contributed by atoms with Gasteiger partial charge in [-0.25, -0.2) is 4.79 Å². The van der Waals surface area contributed by atoms with E-state index >= 15 is 0 Å². The number of carbonyl (C=O) groups is 2. The van der Waals surface area contributed by atoms with E-state index in [1.807, 2.05) is 18.4 Å². The highest BCUT2D eigenvalue weighted by Gasteiger charge is 2.11. The fraction of sp³-hybridized carbons (Fsp3) is 0.238. The lowest BCUT2D eigenvalue weighted by Gasteiger charge is -2.09. The summed E-state index contributed by atoms with van der Waals surface area (Å²) in [5, 5.41) is 14.0. The standard InChI is InChI=1S/C21H23NO3S/c1-3-16(14-26-2)17-11-8-15(9-12-17)10-13-20(23)22-19-7-5-4-6-18(19)21(24)25/h4-9,11-12,14H,3,10,13H2,1-2H3,(H,22,23)(H,24,25)/b16-14+. The Bertz CT molecular complexity index is 797. The number of rotatable bonds is 8. The number of hydrogen-bond donors (Lipinski definition) is 2. The molecule has 2 rings (SSSR count). The van der Waals surface area contributed by atoms with Gasteiger partial charge in [-0.2, -0.15) is 0 Å². The number of thioether (sulfide) groups is 1. The molecule has 0 heterocycles. The van der Waals surface area contributed by atoms with E-state index in [-0.39, 0.29) is 11.5 Å². The fourth-order valence-electron chi connectivity index (χ4n) is 2.63. The van der Waals surface area contributed by atoms with Crippen LogP contribution in [0, 0.1) is 0 Å². The van der Waals surface area contributed by atoms with E-state index in [0.717, 1.165) is 12.0 Å². The first-order valence-electron chi connectivity index (χ1n) is 8.48. The zero-order valence-electron chi connectivity index (χ0n) is 15.0. The number of hydrogen-bond acceptors (Lipinski definition) is 3. The third-order valence-electron chi connectivity index (χ3n) is 4.04. The van der Waals surface area contributed by atoms with Gasteiger partial charge in [0, 0.05) is 6.42 Å². The van der Waals surface area contributed by atoms with Crippen LogP contribution in [0.1, 0.15) is 41.3 Å². The number of carboxylic acids is 1. The Morgan fingerprint density at radius 3 is 2.42 bits per heavy atom. The van der Waals surface area contributed by atoms with Crippen molar-refractivity contribution < 1.29 is 14.7 Å².